The van der Waals surface area contributed by atoms with Gasteiger partial charge in [0.15, 0.2) is 0 Å². The Morgan fingerprint density at radius 1 is 1.00 bits per heavy atom. The molecule has 0 aromatic rings. The second-order valence-corrected chi connectivity index (χ2v) is 5.84. The third kappa shape index (κ3) is 0.871. The molecule has 1 atom stereocenters. The van der Waals surface area contributed by atoms with Crippen LogP contribution in [0.25, 0.3) is 0 Å². The van der Waals surface area contributed by atoms with Crippen molar-refractivity contribution in [2.75, 3.05) is 0 Å². The molecule has 0 amide bonds. The van der Waals surface area contributed by atoms with Crippen LogP contribution < -0.4 is 0 Å². The van der Waals surface area contributed by atoms with E-state index in [2.05, 4.69) is 60.8 Å². The van der Waals surface area contributed by atoms with Crippen molar-refractivity contribution in [3.63, 3.8) is 0 Å². The zero-order valence-corrected chi connectivity index (χ0v) is 10.1. The van der Waals surface area contributed by atoms with Gasteiger partial charge in [0, 0.05) is 17.3 Å². The smallest absolute Gasteiger partial charge is 0.0352 e. The van der Waals surface area contributed by atoms with Gasteiger partial charge in [0.25, 0.3) is 0 Å². The molecule has 0 saturated heterocycles. The summed E-state index contributed by atoms with van der Waals surface area (Å²) in [7, 11) is 0. The van der Waals surface area contributed by atoms with E-state index in [1.54, 1.807) is 11.1 Å². The largest absolute Gasteiger partial charge is 0.0795 e. The number of allylic oxidation sites excluding steroid dienone is 14. The van der Waals surface area contributed by atoms with E-state index >= 15 is 0 Å². The lowest BCUT2D eigenvalue weighted by atomic mass is 9.53. The first kappa shape index (κ1) is 9.16. The van der Waals surface area contributed by atoms with Crippen molar-refractivity contribution in [1.29, 1.82) is 0 Å². The Morgan fingerprint density at radius 2 is 1.89 bits per heavy atom. The Labute approximate surface area is 107 Å². The van der Waals surface area contributed by atoms with Gasteiger partial charge >= 0.3 is 0 Å². The van der Waals surface area contributed by atoms with Gasteiger partial charge < -0.3 is 0 Å². The molecular formula is C18H14. The van der Waals surface area contributed by atoms with Crippen molar-refractivity contribution in [1.82, 2.24) is 0 Å². The van der Waals surface area contributed by atoms with E-state index in [1.165, 1.54) is 11.1 Å². The molecule has 0 saturated carbocycles. The van der Waals surface area contributed by atoms with Crippen molar-refractivity contribution in [2.45, 2.75) is 6.42 Å². The molecule has 6 aliphatic rings. The predicted octanol–water partition coefficient (Wildman–Crippen LogP) is 4.04. The molecule has 0 aliphatic heterocycles. The average molecular weight is 230 g/mol. The highest BCUT2D eigenvalue weighted by molar-refractivity contribution is 5.65. The Bertz CT molecular complexity index is 657. The summed E-state index contributed by atoms with van der Waals surface area (Å²) in [6, 6.07) is 0. The molecule has 18 heavy (non-hydrogen) atoms. The molecule has 86 valence electrons. The molecule has 1 unspecified atom stereocenters. The molecular weight excluding hydrogens is 216 g/mol. The van der Waals surface area contributed by atoms with Crippen molar-refractivity contribution in [2.24, 2.45) is 17.3 Å². The fourth-order valence-corrected chi connectivity index (χ4v) is 4.17. The van der Waals surface area contributed by atoms with E-state index in [1.807, 2.05) is 0 Å². The highest BCUT2D eigenvalue weighted by Gasteiger charge is 2.48. The first-order valence-electron chi connectivity index (χ1n) is 6.77. The van der Waals surface area contributed by atoms with Gasteiger partial charge in [-0.1, -0.05) is 66.3 Å². The molecule has 2 bridgehead atoms. The van der Waals surface area contributed by atoms with Gasteiger partial charge in [0.05, 0.1) is 0 Å². The van der Waals surface area contributed by atoms with Crippen LogP contribution in [0.1, 0.15) is 6.42 Å². The summed E-state index contributed by atoms with van der Waals surface area (Å²) in [6.45, 7) is 0. The van der Waals surface area contributed by atoms with Crippen LogP contribution in [-0.4, -0.2) is 0 Å². The maximum absolute atomic E-state index is 2.42. The number of hydrogen-bond acceptors (Lipinski definition) is 0. The molecule has 6 aliphatic carbocycles. The Morgan fingerprint density at radius 3 is 2.78 bits per heavy atom. The molecule has 0 heterocycles. The fraction of sp³-hybridized carbons (Fsp3) is 0.222. The van der Waals surface area contributed by atoms with Crippen LogP contribution in [0.5, 0.6) is 0 Å². The van der Waals surface area contributed by atoms with Crippen molar-refractivity contribution < 1.29 is 0 Å². The van der Waals surface area contributed by atoms with Crippen LogP contribution in [-0.2, 0) is 0 Å². The van der Waals surface area contributed by atoms with Crippen LogP contribution in [0.15, 0.2) is 83.1 Å². The molecule has 0 aromatic carbocycles. The lowest BCUT2D eigenvalue weighted by molar-refractivity contribution is 0.409. The lowest BCUT2D eigenvalue weighted by Gasteiger charge is -2.50. The molecule has 0 nitrogen and oxygen atoms in total. The van der Waals surface area contributed by atoms with E-state index in [0.717, 1.165) is 6.42 Å². The van der Waals surface area contributed by atoms with E-state index in [4.69, 9.17) is 0 Å². The minimum Gasteiger partial charge on any atom is -0.0795 e. The maximum atomic E-state index is 2.42. The topological polar surface area (TPSA) is 0 Å². The van der Waals surface area contributed by atoms with Crippen LogP contribution in [0, 0.1) is 17.3 Å². The third-order valence-electron chi connectivity index (χ3n) is 5.01. The second kappa shape index (κ2) is 2.77. The highest BCUT2D eigenvalue weighted by atomic mass is 14.5. The third-order valence-corrected chi connectivity index (χ3v) is 5.01. The number of rotatable bonds is 0. The van der Waals surface area contributed by atoms with Crippen molar-refractivity contribution in [3.8, 4) is 0 Å². The van der Waals surface area contributed by atoms with E-state index in [0.29, 0.717) is 11.8 Å². The van der Waals surface area contributed by atoms with Gasteiger partial charge in [0.2, 0.25) is 0 Å². The summed E-state index contributed by atoms with van der Waals surface area (Å²) in [6.07, 6.45) is 24.7. The Hall–Kier alpha value is -1.82. The van der Waals surface area contributed by atoms with Crippen LogP contribution in [0.4, 0.5) is 0 Å². The molecule has 0 N–H and O–H groups in total. The van der Waals surface area contributed by atoms with Gasteiger partial charge in [-0.3, -0.25) is 0 Å². The van der Waals surface area contributed by atoms with Gasteiger partial charge in [-0.2, -0.15) is 0 Å². The van der Waals surface area contributed by atoms with Gasteiger partial charge in [-0.25, -0.2) is 0 Å². The van der Waals surface area contributed by atoms with Crippen molar-refractivity contribution in [3.05, 3.63) is 83.1 Å². The minimum absolute atomic E-state index is 0.129. The summed E-state index contributed by atoms with van der Waals surface area (Å²) < 4.78 is 0. The minimum atomic E-state index is 0.129. The molecule has 1 spiro atoms. The van der Waals surface area contributed by atoms with Gasteiger partial charge in [-0.05, 0) is 23.1 Å². The van der Waals surface area contributed by atoms with Crippen LogP contribution in [0.3, 0.4) is 0 Å². The fourth-order valence-electron chi connectivity index (χ4n) is 4.17. The first-order valence-corrected chi connectivity index (χ1v) is 6.77. The Kier molecular flexibility index (Phi) is 1.41. The second-order valence-electron chi connectivity index (χ2n) is 5.84. The maximum Gasteiger partial charge on any atom is 0.0352 e. The molecule has 6 rings (SSSR count). The molecule has 0 heteroatoms. The Balaban J connectivity index is 1.89. The lowest BCUT2D eigenvalue weighted by Crippen LogP contribution is -2.40. The standard InChI is InChI=1S/C18H14/c1-2-13-4-5-15-12-6-9-18(10-7-12)11-8-14(3-1)16(13)17(15)18/h1,3-12,17H,2H2. The van der Waals surface area contributed by atoms with Crippen LogP contribution >= 0.6 is 0 Å². The zero-order valence-electron chi connectivity index (χ0n) is 10.1. The van der Waals surface area contributed by atoms with Crippen molar-refractivity contribution >= 4 is 0 Å². The van der Waals surface area contributed by atoms with Crippen LogP contribution in [0.2, 0.25) is 0 Å². The quantitative estimate of drug-likeness (QED) is 0.551. The molecule has 0 aromatic heterocycles. The van der Waals surface area contributed by atoms with Gasteiger partial charge in [0.1, 0.15) is 0 Å². The monoisotopic (exact) mass is 230 g/mol. The zero-order chi connectivity index (χ0) is 11.7. The summed E-state index contributed by atoms with van der Waals surface area (Å²) in [4.78, 5) is 0. The highest BCUT2D eigenvalue weighted by Crippen LogP contribution is 2.58. The predicted molar refractivity (Wildman–Crippen MR) is 73.8 cm³/mol. The summed E-state index contributed by atoms with van der Waals surface area (Å²) in [5.41, 5.74) is 6.28. The average Bonchev–Trinajstić information content (AvgIpc) is 2.46. The SMILES string of the molecule is C1=CC2=C3C(=CC=C4C5C=CC(C=C2)(C=C5)C43)C1. The number of hydrogen-bond donors (Lipinski definition) is 0. The van der Waals surface area contributed by atoms with Gasteiger partial charge in [-0.15, -0.1) is 0 Å². The summed E-state index contributed by atoms with van der Waals surface area (Å²) in [5.74, 6) is 1.10. The normalized spacial score (nSPS) is 40.9. The van der Waals surface area contributed by atoms with E-state index in [-0.39, 0.29) is 5.41 Å². The molecule has 0 radical (unpaired) electrons. The summed E-state index contributed by atoms with van der Waals surface area (Å²) in [5, 5.41) is 0. The van der Waals surface area contributed by atoms with E-state index < -0.39 is 0 Å². The van der Waals surface area contributed by atoms with E-state index in [9.17, 15) is 0 Å². The first-order chi connectivity index (χ1) is 8.87. The molecule has 0 fully saturated rings. The summed E-state index contributed by atoms with van der Waals surface area (Å²) >= 11 is 0.